The molecule has 3 nitrogen and oxygen atoms in total. The van der Waals surface area contributed by atoms with E-state index in [-0.39, 0.29) is 29.4 Å². The van der Waals surface area contributed by atoms with Gasteiger partial charge in [-0.3, -0.25) is 4.79 Å². The predicted octanol–water partition coefficient (Wildman–Crippen LogP) is 2.13. The highest BCUT2D eigenvalue weighted by Gasteiger charge is 2.09. The molecule has 0 heterocycles. The molecule has 0 radical (unpaired) electrons. The summed E-state index contributed by atoms with van der Waals surface area (Å²) in [7, 11) is 1.57. The smallest absolute Gasteiger partial charge is 0.236 e. The van der Waals surface area contributed by atoms with Gasteiger partial charge in [-0.15, -0.1) is 12.4 Å². The van der Waals surface area contributed by atoms with E-state index < -0.39 is 5.82 Å². The molecule has 0 bridgehead atoms. The Kier molecular flexibility index (Phi) is 7.11. The van der Waals surface area contributed by atoms with Gasteiger partial charge in [0.25, 0.3) is 0 Å². The van der Waals surface area contributed by atoms with Crippen LogP contribution in [0.15, 0.2) is 18.2 Å². The first-order valence-corrected chi connectivity index (χ1v) is 5.31. The minimum absolute atomic E-state index is 0. The second kappa shape index (κ2) is 7.48. The fourth-order valence-electron chi connectivity index (χ4n) is 1.23. The molecule has 0 aliphatic carbocycles. The standard InChI is InChI=1S/C11H14ClFN2O.ClH/c1-7(11(16)14-2)15-6-8-3-4-9(12)10(13)5-8;/h3-5,7,15H,6H2,1-2H3,(H,14,16);1H/t7-;/m1./s1. The molecule has 1 rings (SSSR count). The number of amides is 1. The molecule has 0 spiro atoms. The van der Waals surface area contributed by atoms with Crippen LogP contribution in [0.2, 0.25) is 5.02 Å². The second-order valence-electron chi connectivity index (χ2n) is 3.47. The Balaban J connectivity index is 0.00000256. The maximum atomic E-state index is 13.1. The first kappa shape index (κ1) is 16.2. The van der Waals surface area contributed by atoms with Crippen molar-refractivity contribution in [3.05, 3.63) is 34.6 Å². The SMILES string of the molecule is CNC(=O)[C@@H](C)NCc1ccc(Cl)c(F)c1.Cl. The van der Waals surface area contributed by atoms with Crippen LogP contribution < -0.4 is 10.6 Å². The molecule has 0 fully saturated rings. The van der Waals surface area contributed by atoms with Crippen LogP contribution in [0.4, 0.5) is 4.39 Å². The minimum atomic E-state index is -0.450. The van der Waals surface area contributed by atoms with Crippen LogP contribution in [0.3, 0.4) is 0 Å². The average Bonchev–Trinajstić information content (AvgIpc) is 2.29. The van der Waals surface area contributed by atoms with Gasteiger partial charge in [0.2, 0.25) is 5.91 Å². The Bertz CT molecular complexity index is 388. The fraction of sp³-hybridized carbons (Fsp3) is 0.364. The maximum absolute atomic E-state index is 13.1. The monoisotopic (exact) mass is 280 g/mol. The highest BCUT2D eigenvalue weighted by Crippen LogP contribution is 2.15. The number of benzene rings is 1. The van der Waals surface area contributed by atoms with Gasteiger partial charge in [-0.05, 0) is 24.6 Å². The van der Waals surface area contributed by atoms with Crippen molar-refractivity contribution in [3.8, 4) is 0 Å². The molecule has 0 saturated heterocycles. The molecule has 96 valence electrons. The van der Waals surface area contributed by atoms with Crippen LogP contribution in [0.1, 0.15) is 12.5 Å². The van der Waals surface area contributed by atoms with Crippen LogP contribution in [-0.2, 0) is 11.3 Å². The Morgan fingerprint density at radius 1 is 1.53 bits per heavy atom. The Labute approximate surface area is 111 Å². The van der Waals surface area contributed by atoms with Crippen molar-refractivity contribution in [1.29, 1.82) is 0 Å². The van der Waals surface area contributed by atoms with Gasteiger partial charge < -0.3 is 10.6 Å². The van der Waals surface area contributed by atoms with E-state index in [0.29, 0.717) is 6.54 Å². The number of carbonyl (C=O) groups is 1. The summed E-state index contributed by atoms with van der Waals surface area (Å²) in [6.45, 7) is 2.16. The van der Waals surface area contributed by atoms with E-state index in [1.165, 1.54) is 12.1 Å². The number of carbonyl (C=O) groups excluding carboxylic acids is 1. The Morgan fingerprint density at radius 2 is 2.18 bits per heavy atom. The van der Waals surface area contributed by atoms with E-state index in [1.54, 1.807) is 20.0 Å². The molecule has 0 aliphatic heterocycles. The molecule has 0 saturated carbocycles. The number of halogens is 3. The van der Waals surface area contributed by atoms with Gasteiger partial charge in [0.05, 0.1) is 11.1 Å². The van der Waals surface area contributed by atoms with Gasteiger partial charge in [-0.1, -0.05) is 17.7 Å². The zero-order chi connectivity index (χ0) is 12.1. The quantitative estimate of drug-likeness (QED) is 0.887. The molecule has 1 atom stereocenters. The summed E-state index contributed by atoms with van der Waals surface area (Å²) in [4.78, 5) is 11.2. The zero-order valence-corrected chi connectivity index (χ0v) is 11.2. The van der Waals surface area contributed by atoms with Crippen LogP contribution in [0.25, 0.3) is 0 Å². The lowest BCUT2D eigenvalue weighted by molar-refractivity contribution is -0.122. The molecular formula is C11H15Cl2FN2O. The number of hydrogen-bond acceptors (Lipinski definition) is 2. The van der Waals surface area contributed by atoms with Gasteiger partial charge in [-0.25, -0.2) is 4.39 Å². The zero-order valence-electron chi connectivity index (χ0n) is 9.59. The average molecular weight is 281 g/mol. The third-order valence-electron chi connectivity index (χ3n) is 2.24. The first-order chi connectivity index (χ1) is 7.54. The summed E-state index contributed by atoms with van der Waals surface area (Å²) >= 11 is 5.56. The van der Waals surface area contributed by atoms with Gasteiger partial charge in [0.15, 0.2) is 0 Å². The minimum Gasteiger partial charge on any atom is -0.358 e. The van der Waals surface area contributed by atoms with E-state index in [2.05, 4.69) is 10.6 Å². The third-order valence-corrected chi connectivity index (χ3v) is 2.54. The van der Waals surface area contributed by atoms with E-state index in [1.807, 2.05) is 0 Å². The fourth-order valence-corrected chi connectivity index (χ4v) is 1.35. The highest BCUT2D eigenvalue weighted by atomic mass is 35.5. The first-order valence-electron chi connectivity index (χ1n) is 4.93. The number of nitrogens with one attached hydrogen (secondary N) is 2. The van der Waals surface area contributed by atoms with Crippen molar-refractivity contribution >= 4 is 29.9 Å². The lowest BCUT2D eigenvalue weighted by Crippen LogP contribution is -2.40. The number of rotatable bonds is 4. The topological polar surface area (TPSA) is 41.1 Å². The van der Waals surface area contributed by atoms with E-state index >= 15 is 0 Å². The number of hydrogen-bond donors (Lipinski definition) is 2. The highest BCUT2D eigenvalue weighted by molar-refractivity contribution is 6.30. The maximum Gasteiger partial charge on any atom is 0.236 e. The molecule has 2 N–H and O–H groups in total. The van der Waals surface area contributed by atoms with E-state index in [0.717, 1.165) is 5.56 Å². The molecule has 0 aromatic heterocycles. The second-order valence-corrected chi connectivity index (χ2v) is 3.87. The van der Waals surface area contributed by atoms with Crippen molar-refractivity contribution in [2.24, 2.45) is 0 Å². The predicted molar refractivity (Wildman–Crippen MR) is 69.0 cm³/mol. The summed E-state index contributed by atoms with van der Waals surface area (Å²) in [5, 5.41) is 5.60. The van der Waals surface area contributed by atoms with Gasteiger partial charge >= 0.3 is 0 Å². The number of likely N-dealkylation sites (N-methyl/N-ethyl adjacent to an activating group) is 1. The van der Waals surface area contributed by atoms with Crippen LogP contribution in [0.5, 0.6) is 0 Å². The van der Waals surface area contributed by atoms with Crippen molar-refractivity contribution in [3.63, 3.8) is 0 Å². The van der Waals surface area contributed by atoms with E-state index in [9.17, 15) is 9.18 Å². The molecular weight excluding hydrogens is 266 g/mol. The molecule has 17 heavy (non-hydrogen) atoms. The Morgan fingerprint density at radius 3 is 2.71 bits per heavy atom. The molecule has 0 aliphatic rings. The van der Waals surface area contributed by atoms with Crippen LogP contribution >= 0.6 is 24.0 Å². The van der Waals surface area contributed by atoms with Crippen LogP contribution in [0, 0.1) is 5.82 Å². The van der Waals surface area contributed by atoms with Crippen molar-refractivity contribution in [1.82, 2.24) is 10.6 Å². The normalized spacial score (nSPS) is 11.5. The van der Waals surface area contributed by atoms with E-state index in [4.69, 9.17) is 11.6 Å². The molecule has 0 unspecified atom stereocenters. The van der Waals surface area contributed by atoms with Crippen LogP contribution in [-0.4, -0.2) is 19.0 Å². The van der Waals surface area contributed by atoms with Crippen molar-refractivity contribution < 1.29 is 9.18 Å². The van der Waals surface area contributed by atoms with Crippen molar-refractivity contribution in [2.75, 3.05) is 7.05 Å². The summed E-state index contributed by atoms with van der Waals surface area (Å²) in [5.41, 5.74) is 0.748. The van der Waals surface area contributed by atoms with Gasteiger partial charge in [0.1, 0.15) is 5.82 Å². The van der Waals surface area contributed by atoms with Gasteiger partial charge in [0, 0.05) is 13.6 Å². The largest absolute Gasteiger partial charge is 0.358 e. The Hall–Kier alpha value is -0.840. The lowest BCUT2D eigenvalue weighted by Gasteiger charge is -2.12. The molecule has 6 heteroatoms. The summed E-state index contributed by atoms with van der Waals surface area (Å²) in [6, 6.07) is 4.25. The lowest BCUT2D eigenvalue weighted by atomic mass is 10.2. The molecule has 1 amide bonds. The third kappa shape index (κ3) is 4.89. The van der Waals surface area contributed by atoms with Crippen molar-refractivity contribution in [2.45, 2.75) is 19.5 Å². The summed E-state index contributed by atoms with van der Waals surface area (Å²) < 4.78 is 13.1. The molecule has 1 aromatic carbocycles. The summed E-state index contributed by atoms with van der Waals surface area (Å²) in [6.07, 6.45) is 0. The summed E-state index contributed by atoms with van der Waals surface area (Å²) in [5.74, 6) is -0.553. The van der Waals surface area contributed by atoms with Gasteiger partial charge in [-0.2, -0.15) is 0 Å². The molecule has 1 aromatic rings.